The molecule has 1 saturated heterocycles. The zero-order chi connectivity index (χ0) is 16.2. The summed E-state index contributed by atoms with van der Waals surface area (Å²) >= 11 is 0. The first-order valence-electron chi connectivity index (χ1n) is 8.32. The number of hydrogen-bond acceptors (Lipinski definition) is 3. The van der Waals surface area contributed by atoms with Crippen molar-refractivity contribution in [3.63, 3.8) is 0 Å². The number of nitrogens with zero attached hydrogens (tertiary/aromatic N) is 2. The molecular weight excluding hydrogens is 288 g/mol. The molecule has 2 N–H and O–H groups in total. The van der Waals surface area contributed by atoms with E-state index in [1.807, 2.05) is 42.2 Å². The average molecular weight is 312 g/mol. The summed E-state index contributed by atoms with van der Waals surface area (Å²) in [5.41, 5.74) is 4.02. The molecule has 1 aromatic heterocycles. The molecule has 23 heavy (non-hydrogen) atoms. The van der Waals surface area contributed by atoms with Crippen molar-refractivity contribution in [3.8, 4) is 11.1 Å². The number of hydrogen-bond donors (Lipinski definition) is 2. The van der Waals surface area contributed by atoms with E-state index in [0.717, 1.165) is 30.5 Å². The molecular formula is C18H24N4O. The number of amides is 1. The van der Waals surface area contributed by atoms with Crippen molar-refractivity contribution < 1.29 is 4.79 Å². The van der Waals surface area contributed by atoms with Crippen LogP contribution >= 0.6 is 0 Å². The third-order valence-electron chi connectivity index (χ3n) is 4.50. The van der Waals surface area contributed by atoms with Crippen molar-refractivity contribution >= 4 is 5.91 Å². The third-order valence-corrected chi connectivity index (χ3v) is 4.50. The summed E-state index contributed by atoms with van der Waals surface area (Å²) in [4.78, 5) is 12.4. The largest absolute Gasteiger partial charge is 0.350 e. The lowest BCUT2D eigenvalue weighted by atomic mass is 10.0. The van der Waals surface area contributed by atoms with Crippen molar-refractivity contribution in [2.75, 3.05) is 13.1 Å². The van der Waals surface area contributed by atoms with Gasteiger partial charge in [0.05, 0.1) is 6.20 Å². The molecule has 1 atom stereocenters. The van der Waals surface area contributed by atoms with Crippen LogP contribution in [-0.2, 0) is 13.5 Å². The topological polar surface area (TPSA) is 59.0 Å². The smallest absolute Gasteiger partial charge is 0.251 e. The van der Waals surface area contributed by atoms with Crippen LogP contribution in [0.3, 0.4) is 0 Å². The molecule has 0 aliphatic carbocycles. The Kier molecular flexibility index (Phi) is 4.76. The average Bonchev–Trinajstić information content (AvgIpc) is 3.22. The number of carbonyl (C=O) groups excluding carboxylic acids is 1. The van der Waals surface area contributed by atoms with Crippen LogP contribution in [0.15, 0.2) is 30.5 Å². The quantitative estimate of drug-likeness (QED) is 0.889. The van der Waals surface area contributed by atoms with E-state index in [4.69, 9.17) is 0 Å². The first-order valence-corrected chi connectivity index (χ1v) is 8.32. The molecule has 2 aromatic rings. The molecule has 1 amide bonds. The zero-order valence-corrected chi connectivity index (χ0v) is 13.8. The van der Waals surface area contributed by atoms with E-state index >= 15 is 0 Å². The molecule has 1 aromatic carbocycles. The minimum atomic E-state index is -0.0116. The molecule has 0 bridgehead atoms. The summed E-state index contributed by atoms with van der Waals surface area (Å²) in [6.07, 6.45) is 5.11. The fourth-order valence-corrected chi connectivity index (χ4v) is 3.20. The summed E-state index contributed by atoms with van der Waals surface area (Å²) in [7, 11) is 1.95. The Morgan fingerprint density at radius 2 is 2.35 bits per heavy atom. The molecule has 5 nitrogen and oxygen atoms in total. The summed E-state index contributed by atoms with van der Waals surface area (Å²) in [6, 6.07) is 8.19. The lowest BCUT2D eigenvalue weighted by Crippen LogP contribution is -2.37. The monoisotopic (exact) mass is 312 g/mol. The molecule has 5 heteroatoms. The summed E-state index contributed by atoms with van der Waals surface area (Å²) in [5.74, 6) is -0.0116. The molecule has 1 aliphatic rings. The van der Waals surface area contributed by atoms with Gasteiger partial charge in [-0.25, -0.2) is 0 Å². The van der Waals surface area contributed by atoms with Crippen molar-refractivity contribution in [1.82, 2.24) is 20.4 Å². The van der Waals surface area contributed by atoms with E-state index < -0.39 is 0 Å². The molecule has 0 spiro atoms. The van der Waals surface area contributed by atoms with Crippen LogP contribution in [0.4, 0.5) is 0 Å². The Morgan fingerprint density at radius 3 is 3.09 bits per heavy atom. The molecule has 0 saturated carbocycles. The third kappa shape index (κ3) is 3.45. The first-order chi connectivity index (χ1) is 11.2. The van der Waals surface area contributed by atoms with Gasteiger partial charge in [-0.3, -0.25) is 9.48 Å². The van der Waals surface area contributed by atoms with Crippen molar-refractivity contribution in [2.45, 2.75) is 32.2 Å². The number of aryl methyl sites for hydroxylation is 1. The predicted octanol–water partition coefficient (Wildman–Crippen LogP) is 2.13. The Bertz CT molecular complexity index is 686. The first kappa shape index (κ1) is 15.7. The van der Waals surface area contributed by atoms with E-state index in [1.165, 1.54) is 12.1 Å². The molecule has 1 aliphatic heterocycles. The van der Waals surface area contributed by atoms with E-state index in [1.54, 1.807) is 0 Å². The fourth-order valence-electron chi connectivity index (χ4n) is 3.20. The van der Waals surface area contributed by atoms with Crippen LogP contribution in [0.2, 0.25) is 0 Å². The second kappa shape index (κ2) is 6.96. The van der Waals surface area contributed by atoms with Gasteiger partial charge in [0.25, 0.3) is 5.91 Å². The predicted molar refractivity (Wildman–Crippen MR) is 91.4 cm³/mol. The highest BCUT2D eigenvalue weighted by molar-refractivity contribution is 5.95. The standard InChI is InChI=1S/C18H24N4O/c1-3-17-16(12-21-22(17)2)13-6-4-7-14(10-13)18(23)20-11-15-8-5-9-19-15/h4,6-7,10,12,15,19H,3,5,8-9,11H2,1-2H3,(H,20,23)/t15-/m0/s1. The van der Waals surface area contributed by atoms with Crippen molar-refractivity contribution in [3.05, 3.63) is 41.7 Å². The van der Waals surface area contributed by atoms with Crippen molar-refractivity contribution in [1.29, 1.82) is 0 Å². The van der Waals surface area contributed by atoms with Gasteiger partial charge >= 0.3 is 0 Å². The minimum absolute atomic E-state index is 0.0116. The van der Waals surface area contributed by atoms with Gasteiger partial charge in [0.15, 0.2) is 0 Å². The Hall–Kier alpha value is -2.14. The Balaban J connectivity index is 1.75. The van der Waals surface area contributed by atoms with E-state index in [9.17, 15) is 4.79 Å². The van der Waals surface area contributed by atoms with Gasteiger partial charge < -0.3 is 10.6 Å². The molecule has 122 valence electrons. The normalized spacial score (nSPS) is 17.4. The van der Waals surface area contributed by atoms with Crippen LogP contribution in [0.5, 0.6) is 0 Å². The lowest BCUT2D eigenvalue weighted by Gasteiger charge is -2.12. The summed E-state index contributed by atoms with van der Waals surface area (Å²) < 4.78 is 1.90. The lowest BCUT2D eigenvalue weighted by molar-refractivity contribution is 0.0950. The highest BCUT2D eigenvalue weighted by Crippen LogP contribution is 2.24. The second-order valence-corrected chi connectivity index (χ2v) is 6.07. The molecule has 2 heterocycles. The van der Waals surface area contributed by atoms with Gasteiger partial charge in [-0.2, -0.15) is 5.10 Å². The second-order valence-electron chi connectivity index (χ2n) is 6.07. The van der Waals surface area contributed by atoms with Gasteiger partial charge in [-0.1, -0.05) is 19.1 Å². The Morgan fingerprint density at radius 1 is 1.48 bits per heavy atom. The van der Waals surface area contributed by atoms with Gasteiger partial charge in [-0.15, -0.1) is 0 Å². The summed E-state index contributed by atoms with van der Waals surface area (Å²) in [6.45, 7) is 3.86. The van der Waals surface area contributed by atoms with E-state index in [2.05, 4.69) is 22.7 Å². The molecule has 3 rings (SSSR count). The fraction of sp³-hybridized carbons (Fsp3) is 0.444. The molecule has 0 unspecified atom stereocenters. The molecule has 1 fully saturated rings. The van der Waals surface area contributed by atoms with Gasteiger partial charge in [0.2, 0.25) is 0 Å². The maximum Gasteiger partial charge on any atom is 0.251 e. The number of carbonyl (C=O) groups is 1. The van der Waals surface area contributed by atoms with Gasteiger partial charge in [0.1, 0.15) is 0 Å². The summed E-state index contributed by atoms with van der Waals surface area (Å²) in [5, 5.41) is 10.8. The maximum absolute atomic E-state index is 12.4. The highest BCUT2D eigenvalue weighted by atomic mass is 16.1. The number of nitrogens with one attached hydrogen (secondary N) is 2. The van der Waals surface area contributed by atoms with Crippen molar-refractivity contribution in [2.24, 2.45) is 7.05 Å². The van der Waals surface area contributed by atoms with Crippen LogP contribution in [-0.4, -0.2) is 34.8 Å². The Labute approximate surface area is 137 Å². The van der Waals surface area contributed by atoms with Crippen LogP contribution in [0.1, 0.15) is 35.8 Å². The van der Waals surface area contributed by atoms with Gasteiger partial charge in [-0.05, 0) is 43.5 Å². The minimum Gasteiger partial charge on any atom is -0.350 e. The highest BCUT2D eigenvalue weighted by Gasteiger charge is 2.16. The van der Waals surface area contributed by atoms with Crippen LogP contribution in [0.25, 0.3) is 11.1 Å². The number of aromatic nitrogens is 2. The number of benzene rings is 1. The van der Waals surface area contributed by atoms with E-state index in [0.29, 0.717) is 18.2 Å². The maximum atomic E-state index is 12.4. The van der Waals surface area contributed by atoms with Crippen LogP contribution in [0, 0.1) is 0 Å². The van der Waals surface area contributed by atoms with E-state index in [-0.39, 0.29) is 5.91 Å². The SMILES string of the molecule is CCc1c(-c2cccc(C(=O)NC[C@@H]3CCCN3)c2)cnn1C. The molecule has 0 radical (unpaired) electrons. The van der Waals surface area contributed by atoms with Crippen LogP contribution < -0.4 is 10.6 Å². The van der Waals surface area contributed by atoms with Gasteiger partial charge in [0, 0.05) is 36.5 Å². The number of rotatable bonds is 5. The zero-order valence-electron chi connectivity index (χ0n) is 13.8.